The number of nitriles is 1. The van der Waals surface area contributed by atoms with Crippen molar-refractivity contribution in [3.05, 3.63) is 111 Å². The van der Waals surface area contributed by atoms with E-state index in [0.717, 1.165) is 22.3 Å². The van der Waals surface area contributed by atoms with Crippen LogP contribution < -0.4 is 5.69 Å². The van der Waals surface area contributed by atoms with E-state index in [4.69, 9.17) is 23.2 Å². The van der Waals surface area contributed by atoms with Gasteiger partial charge in [-0.1, -0.05) is 65.7 Å². The van der Waals surface area contributed by atoms with E-state index in [1.165, 1.54) is 9.20 Å². The van der Waals surface area contributed by atoms with Crippen molar-refractivity contribution in [1.82, 2.24) is 19.4 Å². The van der Waals surface area contributed by atoms with Crippen molar-refractivity contribution in [2.45, 2.75) is 6.54 Å². The summed E-state index contributed by atoms with van der Waals surface area (Å²) in [6.45, 7) is 0.155. The first-order valence-corrected chi connectivity index (χ1v) is 10.8. The van der Waals surface area contributed by atoms with Crippen molar-refractivity contribution in [3.8, 4) is 28.3 Å². The number of hydrogen-bond donors (Lipinski definition) is 0. The van der Waals surface area contributed by atoms with E-state index in [2.05, 4.69) is 16.3 Å². The zero-order valence-electron chi connectivity index (χ0n) is 17.1. The summed E-state index contributed by atoms with van der Waals surface area (Å²) in [5.74, 6) is 0. The number of halogens is 2. The molecule has 5 aromatic rings. The lowest BCUT2D eigenvalue weighted by Gasteiger charge is -2.11. The first kappa shape index (κ1) is 21.0. The summed E-state index contributed by atoms with van der Waals surface area (Å²) in [6, 6.07) is 24.0. The molecular weight excluding hydrogens is 457 g/mol. The predicted octanol–water partition coefficient (Wildman–Crippen LogP) is 5.45. The van der Waals surface area contributed by atoms with E-state index in [1.807, 2.05) is 36.4 Å². The van der Waals surface area contributed by atoms with Crippen LogP contribution in [0.15, 0.2) is 83.8 Å². The van der Waals surface area contributed by atoms with Gasteiger partial charge in [0.2, 0.25) is 0 Å². The molecule has 8 heteroatoms. The van der Waals surface area contributed by atoms with Crippen molar-refractivity contribution < 1.29 is 0 Å². The van der Waals surface area contributed by atoms with Gasteiger partial charge in [-0.15, -0.1) is 5.10 Å². The van der Waals surface area contributed by atoms with Crippen molar-refractivity contribution >= 4 is 28.8 Å². The van der Waals surface area contributed by atoms with Crippen LogP contribution in [-0.4, -0.2) is 19.4 Å². The smallest absolute Gasteiger partial charge is 0.244 e. The van der Waals surface area contributed by atoms with Crippen LogP contribution in [0, 0.1) is 11.3 Å². The molecule has 0 atom stereocenters. The lowest BCUT2D eigenvalue weighted by atomic mass is 9.97. The minimum atomic E-state index is -0.393. The number of benzene rings is 3. The Morgan fingerprint density at radius 1 is 0.879 bits per heavy atom. The van der Waals surface area contributed by atoms with Gasteiger partial charge in [0.25, 0.3) is 0 Å². The summed E-state index contributed by atoms with van der Waals surface area (Å²) in [5.41, 5.74) is 4.48. The number of rotatable bonds is 4. The molecule has 6 nitrogen and oxygen atoms in total. The SMILES string of the molecule is N#Cc1ccccc1Cn1nc2c(-c3ccc(Cl)cc3)c(-c3ccc(Cl)cc3)cnn2c1=O. The summed E-state index contributed by atoms with van der Waals surface area (Å²) >= 11 is 12.2. The molecule has 33 heavy (non-hydrogen) atoms. The normalized spacial score (nSPS) is 10.9. The zero-order chi connectivity index (χ0) is 22.9. The van der Waals surface area contributed by atoms with Crippen molar-refractivity contribution in [3.63, 3.8) is 0 Å². The molecule has 0 amide bonds. The van der Waals surface area contributed by atoms with Crippen LogP contribution in [0.25, 0.3) is 27.9 Å². The third-order valence-electron chi connectivity index (χ3n) is 5.36. The minimum Gasteiger partial charge on any atom is -0.244 e. The van der Waals surface area contributed by atoms with E-state index < -0.39 is 5.69 Å². The molecule has 0 N–H and O–H groups in total. The van der Waals surface area contributed by atoms with Gasteiger partial charge in [-0.3, -0.25) is 0 Å². The minimum absolute atomic E-state index is 0.155. The van der Waals surface area contributed by atoms with E-state index in [1.54, 1.807) is 42.6 Å². The molecule has 5 rings (SSSR count). The van der Waals surface area contributed by atoms with Gasteiger partial charge in [-0.05, 0) is 47.0 Å². The standard InChI is InChI=1S/C25H15Cl2N5O/c26-20-9-5-16(6-10-20)22-14-29-32-24(23(22)17-7-11-21(27)12-8-17)30-31(25(32)33)15-19-4-2-1-3-18(19)13-28/h1-12,14H,15H2. The Morgan fingerprint density at radius 2 is 1.52 bits per heavy atom. The first-order valence-electron chi connectivity index (χ1n) is 10.0. The largest absolute Gasteiger partial charge is 0.367 e. The summed E-state index contributed by atoms with van der Waals surface area (Å²) in [5, 5.41) is 19.6. The van der Waals surface area contributed by atoms with Gasteiger partial charge in [0, 0.05) is 21.2 Å². The molecule has 0 fully saturated rings. The molecule has 0 radical (unpaired) electrons. The highest BCUT2D eigenvalue weighted by atomic mass is 35.5. The fourth-order valence-electron chi connectivity index (χ4n) is 3.74. The predicted molar refractivity (Wildman–Crippen MR) is 128 cm³/mol. The van der Waals surface area contributed by atoms with E-state index in [-0.39, 0.29) is 6.54 Å². The Hall–Kier alpha value is -3.92. The van der Waals surface area contributed by atoms with Crippen LogP contribution in [0.2, 0.25) is 10.0 Å². The lowest BCUT2D eigenvalue weighted by molar-refractivity contribution is 0.649. The fraction of sp³-hybridized carbons (Fsp3) is 0.0400. The summed E-state index contributed by atoms with van der Waals surface area (Å²) < 4.78 is 2.60. The van der Waals surface area contributed by atoms with E-state index in [0.29, 0.717) is 26.8 Å². The molecule has 3 aromatic carbocycles. The monoisotopic (exact) mass is 471 g/mol. The van der Waals surface area contributed by atoms with Crippen LogP contribution in [0.5, 0.6) is 0 Å². The van der Waals surface area contributed by atoms with Crippen molar-refractivity contribution in [1.29, 1.82) is 5.26 Å². The Bertz CT molecular complexity index is 1580. The molecule has 0 saturated heterocycles. The topological polar surface area (TPSA) is 76.0 Å². The summed E-state index contributed by atoms with van der Waals surface area (Å²) in [7, 11) is 0. The third kappa shape index (κ3) is 3.89. The van der Waals surface area contributed by atoms with Gasteiger partial charge in [-0.2, -0.15) is 14.9 Å². The number of hydrogen-bond acceptors (Lipinski definition) is 4. The third-order valence-corrected chi connectivity index (χ3v) is 5.86. The second-order valence-electron chi connectivity index (χ2n) is 7.39. The van der Waals surface area contributed by atoms with Crippen LogP contribution in [0.3, 0.4) is 0 Å². The number of aromatic nitrogens is 4. The molecule has 2 heterocycles. The summed E-state index contributed by atoms with van der Waals surface area (Å²) in [4.78, 5) is 13.1. The van der Waals surface area contributed by atoms with Gasteiger partial charge in [-0.25, -0.2) is 9.48 Å². The molecule has 0 aliphatic rings. The Labute approximate surface area is 198 Å². The van der Waals surface area contributed by atoms with Gasteiger partial charge < -0.3 is 0 Å². The molecule has 0 aliphatic carbocycles. The quantitative estimate of drug-likeness (QED) is 0.349. The fourth-order valence-corrected chi connectivity index (χ4v) is 3.99. The molecule has 0 bridgehead atoms. The molecular formula is C25H15Cl2N5O. The van der Waals surface area contributed by atoms with Crippen molar-refractivity contribution in [2.75, 3.05) is 0 Å². The maximum atomic E-state index is 13.1. The average Bonchev–Trinajstić information content (AvgIpc) is 3.15. The lowest BCUT2D eigenvalue weighted by Crippen LogP contribution is -2.23. The molecule has 2 aromatic heterocycles. The van der Waals surface area contributed by atoms with Crippen LogP contribution in [0.4, 0.5) is 0 Å². The van der Waals surface area contributed by atoms with Gasteiger partial charge in [0.15, 0.2) is 5.65 Å². The van der Waals surface area contributed by atoms with Crippen LogP contribution in [-0.2, 0) is 6.54 Å². The van der Waals surface area contributed by atoms with Crippen LogP contribution in [0.1, 0.15) is 11.1 Å². The Balaban J connectivity index is 1.75. The Morgan fingerprint density at radius 3 is 2.18 bits per heavy atom. The maximum absolute atomic E-state index is 13.1. The number of fused-ring (bicyclic) bond motifs is 1. The molecule has 0 spiro atoms. The summed E-state index contributed by atoms with van der Waals surface area (Å²) in [6.07, 6.45) is 1.65. The van der Waals surface area contributed by atoms with Crippen molar-refractivity contribution in [2.24, 2.45) is 0 Å². The second kappa shape index (κ2) is 8.55. The molecule has 0 unspecified atom stereocenters. The van der Waals surface area contributed by atoms with E-state index >= 15 is 0 Å². The Kier molecular flexibility index (Phi) is 5.43. The van der Waals surface area contributed by atoms with E-state index in [9.17, 15) is 10.1 Å². The zero-order valence-corrected chi connectivity index (χ0v) is 18.6. The maximum Gasteiger partial charge on any atom is 0.367 e. The first-order chi connectivity index (χ1) is 16.0. The number of nitrogens with zero attached hydrogens (tertiary/aromatic N) is 5. The highest BCUT2D eigenvalue weighted by Gasteiger charge is 2.19. The molecule has 0 aliphatic heterocycles. The van der Waals surface area contributed by atoms with Gasteiger partial charge in [0.05, 0.1) is 24.4 Å². The molecule has 0 saturated carbocycles. The molecule has 160 valence electrons. The van der Waals surface area contributed by atoms with Crippen LogP contribution >= 0.6 is 23.2 Å². The highest BCUT2D eigenvalue weighted by molar-refractivity contribution is 6.31. The average molecular weight is 472 g/mol. The van der Waals surface area contributed by atoms with Gasteiger partial charge in [0.1, 0.15) is 0 Å². The second-order valence-corrected chi connectivity index (χ2v) is 8.26. The van der Waals surface area contributed by atoms with Gasteiger partial charge >= 0.3 is 5.69 Å². The highest BCUT2D eigenvalue weighted by Crippen LogP contribution is 2.35.